The minimum absolute atomic E-state index is 0.00711. The second-order valence-electron chi connectivity index (χ2n) is 11.8. The molecule has 0 saturated carbocycles. The van der Waals surface area contributed by atoms with Gasteiger partial charge in [0, 0.05) is 38.0 Å². The minimum Gasteiger partial charge on any atom is -0.339 e. The normalized spacial score (nSPS) is 13.0. The molecule has 2 amide bonds. The maximum atomic E-state index is 12.5. The first kappa shape index (κ1) is 29.2. The van der Waals surface area contributed by atoms with Gasteiger partial charge < -0.3 is 9.80 Å². The monoisotopic (exact) mass is 624 g/mol. The van der Waals surface area contributed by atoms with Crippen LogP contribution in [0.2, 0.25) is 0 Å². The summed E-state index contributed by atoms with van der Waals surface area (Å²) in [5.74, 6) is 0. The van der Waals surface area contributed by atoms with Crippen LogP contribution in [-0.4, -0.2) is 48.5 Å². The van der Waals surface area contributed by atoms with E-state index in [2.05, 4.69) is 121 Å². The van der Waals surface area contributed by atoms with Gasteiger partial charge in [-0.25, -0.2) is 0 Å². The third-order valence-electron chi connectivity index (χ3n) is 8.59. The molecule has 6 heteroatoms. The predicted octanol–water partition coefficient (Wildman–Crippen LogP) is 9.90. The van der Waals surface area contributed by atoms with Crippen LogP contribution in [-0.2, 0) is 5.41 Å². The molecule has 7 rings (SSSR count). The standard InChI is InChI=1S/C39H32N2O2S2/c1-40(2)37(42)44-31-17-13-29(14-18-31)39(30-15-19-32(20-16-30)45-38(43)41(3)4)35-23-27-11-7-5-9-25(27)21-33(35)34-22-26-10-6-8-12-28(26)24-36(34)39/h5-24H,1-4H3. The molecule has 6 aromatic rings. The fourth-order valence-electron chi connectivity index (χ4n) is 6.41. The topological polar surface area (TPSA) is 40.6 Å². The Kier molecular flexibility index (Phi) is 7.43. The molecule has 0 aromatic heterocycles. The van der Waals surface area contributed by atoms with Gasteiger partial charge in [0.15, 0.2) is 0 Å². The number of nitrogens with zero attached hydrogens (tertiary/aromatic N) is 2. The van der Waals surface area contributed by atoms with Crippen molar-refractivity contribution in [3.8, 4) is 11.1 Å². The molecule has 0 atom stereocenters. The number of fused-ring (bicyclic) bond motifs is 5. The molecule has 6 aromatic carbocycles. The molecule has 222 valence electrons. The van der Waals surface area contributed by atoms with Crippen molar-refractivity contribution < 1.29 is 9.59 Å². The fourth-order valence-corrected chi connectivity index (χ4v) is 7.72. The lowest BCUT2D eigenvalue weighted by Gasteiger charge is -2.34. The van der Waals surface area contributed by atoms with Gasteiger partial charge in [-0.05, 0) is 127 Å². The van der Waals surface area contributed by atoms with E-state index in [1.54, 1.807) is 38.0 Å². The number of hydrogen-bond donors (Lipinski definition) is 0. The van der Waals surface area contributed by atoms with E-state index in [0.29, 0.717) is 0 Å². The molecule has 0 spiro atoms. The van der Waals surface area contributed by atoms with Crippen LogP contribution in [0.25, 0.3) is 32.7 Å². The predicted molar refractivity (Wildman–Crippen MR) is 189 cm³/mol. The van der Waals surface area contributed by atoms with Crippen LogP contribution in [0.1, 0.15) is 22.3 Å². The first-order chi connectivity index (χ1) is 21.8. The lowest BCUT2D eigenvalue weighted by molar-refractivity contribution is 0.240. The number of rotatable bonds is 4. The van der Waals surface area contributed by atoms with Crippen LogP contribution in [0, 0.1) is 0 Å². The molecule has 0 heterocycles. The Labute approximate surface area is 272 Å². The number of amides is 2. The summed E-state index contributed by atoms with van der Waals surface area (Å²) in [6.45, 7) is 0. The molecule has 0 N–H and O–H groups in total. The lowest BCUT2D eigenvalue weighted by atomic mass is 9.67. The van der Waals surface area contributed by atoms with E-state index in [0.717, 1.165) is 20.9 Å². The second-order valence-corrected chi connectivity index (χ2v) is 13.9. The smallest absolute Gasteiger partial charge is 0.285 e. The van der Waals surface area contributed by atoms with Crippen molar-refractivity contribution in [2.24, 2.45) is 0 Å². The third-order valence-corrected chi connectivity index (χ3v) is 10.7. The average molecular weight is 625 g/mol. The van der Waals surface area contributed by atoms with Crippen LogP contribution in [0.15, 0.2) is 131 Å². The number of benzene rings is 6. The van der Waals surface area contributed by atoms with Gasteiger partial charge in [-0.2, -0.15) is 0 Å². The zero-order valence-electron chi connectivity index (χ0n) is 25.6. The summed E-state index contributed by atoms with van der Waals surface area (Å²) in [5, 5.41) is 4.76. The molecular weight excluding hydrogens is 593 g/mol. The minimum atomic E-state index is -0.623. The van der Waals surface area contributed by atoms with Crippen molar-refractivity contribution in [2.75, 3.05) is 28.2 Å². The molecule has 0 radical (unpaired) electrons. The molecule has 0 unspecified atom stereocenters. The van der Waals surface area contributed by atoms with Crippen LogP contribution in [0.3, 0.4) is 0 Å². The van der Waals surface area contributed by atoms with Gasteiger partial charge in [-0.3, -0.25) is 9.59 Å². The molecule has 0 saturated heterocycles. The molecule has 0 aliphatic heterocycles. The number of carbonyl (C=O) groups excluding carboxylic acids is 2. The summed E-state index contributed by atoms with van der Waals surface area (Å²) in [7, 11) is 7.09. The van der Waals surface area contributed by atoms with Crippen LogP contribution in [0.4, 0.5) is 9.59 Å². The SMILES string of the molecule is CN(C)C(=O)Sc1ccc(C2(c3ccc(SC(=O)N(C)C)cc3)c3cc4ccccc4cc3-c3cc4ccccc4cc32)cc1. The largest absolute Gasteiger partial charge is 0.339 e. The van der Waals surface area contributed by atoms with Crippen LogP contribution in [0.5, 0.6) is 0 Å². The van der Waals surface area contributed by atoms with Crippen LogP contribution >= 0.6 is 23.5 Å². The van der Waals surface area contributed by atoms with Gasteiger partial charge in [0.25, 0.3) is 10.5 Å². The highest BCUT2D eigenvalue weighted by Gasteiger charge is 2.46. The Bertz CT molecular complexity index is 1950. The van der Waals surface area contributed by atoms with E-state index in [9.17, 15) is 9.59 Å². The van der Waals surface area contributed by atoms with Gasteiger partial charge in [0.05, 0.1) is 5.41 Å². The van der Waals surface area contributed by atoms with Crippen molar-refractivity contribution >= 4 is 55.5 Å². The number of carbonyl (C=O) groups is 2. The zero-order valence-corrected chi connectivity index (χ0v) is 27.2. The first-order valence-corrected chi connectivity index (χ1v) is 16.5. The van der Waals surface area contributed by atoms with Gasteiger partial charge in [-0.15, -0.1) is 0 Å². The average Bonchev–Trinajstić information content (AvgIpc) is 3.32. The van der Waals surface area contributed by atoms with Gasteiger partial charge in [0.1, 0.15) is 0 Å². The Balaban J connectivity index is 1.51. The maximum absolute atomic E-state index is 12.5. The van der Waals surface area contributed by atoms with Crippen molar-refractivity contribution in [3.05, 3.63) is 144 Å². The number of hydrogen-bond acceptors (Lipinski definition) is 4. The third kappa shape index (κ3) is 4.98. The Morgan fingerprint density at radius 1 is 0.489 bits per heavy atom. The first-order valence-electron chi connectivity index (χ1n) is 14.8. The summed E-state index contributed by atoms with van der Waals surface area (Å²) in [6.07, 6.45) is 0. The van der Waals surface area contributed by atoms with Gasteiger partial charge in [-0.1, -0.05) is 72.8 Å². The highest BCUT2D eigenvalue weighted by Crippen LogP contribution is 2.58. The zero-order chi connectivity index (χ0) is 31.3. The Morgan fingerprint density at radius 3 is 1.16 bits per heavy atom. The summed E-state index contributed by atoms with van der Waals surface area (Å²) in [4.78, 5) is 30.0. The van der Waals surface area contributed by atoms with Crippen molar-refractivity contribution in [1.29, 1.82) is 0 Å². The molecule has 0 bridgehead atoms. The van der Waals surface area contributed by atoms with Crippen molar-refractivity contribution in [2.45, 2.75) is 15.2 Å². The van der Waals surface area contributed by atoms with E-state index in [-0.39, 0.29) is 10.5 Å². The summed E-state index contributed by atoms with van der Waals surface area (Å²) >= 11 is 2.46. The fraction of sp³-hybridized carbons (Fsp3) is 0.128. The second kappa shape index (κ2) is 11.4. The van der Waals surface area contributed by atoms with Crippen LogP contribution < -0.4 is 0 Å². The molecule has 4 nitrogen and oxygen atoms in total. The number of thioether (sulfide) groups is 2. The van der Waals surface area contributed by atoms with E-state index in [1.807, 2.05) is 0 Å². The molecule has 0 fully saturated rings. The van der Waals surface area contributed by atoms with Gasteiger partial charge in [0.2, 0.25) is 0 Å². The maximum Gasteiger partial charge on any atom is 0.285 e. The molecule has 1 aliphatic rings. The Morgan fingerprint density at radius 2 is 0.822 bits per heavy atom. The summed E-state index contributed by atoms with van der Waals surface area (Å²) in [5.41, 5.74) is 6.51. The van der Waals surface area contributed by atoms with Gasteiger partial charge >= 0.3 is 0 Å². The van der Waals surface area contributed by atoms with Crippen molar-refractivity contribution in [3.63, 3.8) is 0 Å². The highest BCUT2D eigenvalue weighted by atomic mass is 32.2. The Hall–Kier alpha value is -4.52. The highest BCUT2D eigenvalue weighted by molar-refractivity contribution is 8.13. The molecule has 45 heavy (non-hydrogen) atoms. The van der Waals surface area contributed by atoms with Crippen molar-refractivity contribution in [1.82, 2.24) is 9.80 Å². The quantitative estimate of drug-likeness (QED) is 0.183. The summed E-state index contributed by atoms with van der Waals surface area (Å²) in [6, 6.07) is 43.4. The van der Waals surface area contributed by atoms with E-state index in [1.165, 1.54) is 67.3 Å². The summed E-state index contributed by atoms with van der Waals surface area (Å²) < 4.78 is 0. The molecule has 1 aliphatic carbocycles. The lowest BCUT2D eigenvalue weighted by Crippen LogP contribution is -2.28. The molecular formula is C39H32N2O2S2. The van der Waals surface area contributed by atoms with E-state index < -0.39 is 5.41 Å². The van der Waals surface area contributed by atoms with E-state index >= 15 is 0 Å². The van der Waals surface area contributed by atoms with E-state index in [4.69, 9.17) is 0 Å².